The Kier molecular flexibility index (Phi) is 4.13. The number of hydrogen-bond acceptors (Lipinski definition) is 2. The van der Waals surface area contributed by atoms with Crippen LogP contribution in [0, 0.1) is 6.92 Å². The van der Waals surface area contributed by atoms with Crippen molar-refractivity contribution in [2.45, 2.75) is 32.2 Å². The maximum Gasteiger partial charge on any atom is 0.255 e. The van der Waals surface area contributed by atoms with Gasteiger partial charge in [0.2, 0.25) is 0 Å². The molecule has 1 aromatic carbocycles. The quantitative estimate of drug-likeness (QED) is 0.786. The summed E-state index contributed by atoms with van der Waals surface area (Å²) in [5.41, 5.74) is 1.93. The average molecular weight is 337 g/mol. The van der Waals surface area contributed by atoms with Crippen molar-refractivity contribution in [1.82, 2.24) is 9.80 Å². The molecule has 2 heterocycles. The highest BCUT2D eigenvalue weighted by Crippen LogP contribution is 2.24. The van der Waals surface area contributed by atoms with Gasteiger partial charge in [0.15, 0.2) is 0 Å². The Morgan fingerprint density at radius 1 is 1.25 bits per heavy atom. The SMILES string of the molecule is Cc1ccc(Br)c(C(=O)N2CCN3CCCCC3C2)c1. The van der Waals surface area contributed by atoms with Crippen LogP contribution in [0.5, 0.6) is 0 Å². The van der Waals surface area contributed by atoms with Crippen LogP contribution in [0.2, 0.25) is 0 Å². The highest BCUT2D eigenvalue weighted by molar-refractivity contribution is 9.10. The molecule has 108 valence electrons. The van der Waals surface area contributed by atoms with Gasteiger partial charge >= 0.3 is 0 Å². The van der Waals surface area contributed by atoms with Crippen LogP contribution < -0.4 is 0 Å². The van der Waals surface area contributed by atoms with Gasteiger partial charge < -0.3 is 4.90 Å². The van der Waals surface area contributed by atoms with Gasteiger partial charge in [-0.05, 0) is 54.4 Å². The molecule has 0 saturated carbocycles. The first-order valence-corrected chi connectivity index (χ1v) is 8.24. The number of piperidine rings is 1. The van der Waals surface area contributed by atoms with Gasteiger partial charge in [0.05, 0.1) is 5.56 Å². The van der Waals surface area contributed by atoms with Crippen LogP contribution in [0.3, 0.4) is 0 Å². The van der Waals surface area contributed by atoms with Gasteiger partial charge in [-0.1, -0.05) is 18.1 Å². The van der Waals surface area contributed by atoms with Crippen molar-refractivity contribution in [2.75, 3.05) is 26.2 Å². The van der Waals surface area contributed by atoms with E-state index in [2.05, 4.69) is 20.8 Å². The van der Waals surface area contributed by atoms with E-state index in [1.807, 2.05) is 30.0 Å². The van der Waals surface area contributed by atoms with Gasteiger partial charge in [-0.2, -0.15) is 0 Å². The Bertz CT molecular complexity index is 517. The summed E-state index contributed by atoms with van der Waals surface area (Å²) in [6, 6.07) is 6.56. The number of amides is 1. The number of carbonyl (C=O) groups is 1. The zero-order valence-corrected chi connectivity index (χ0v) is 13.5. The highest BCUT2D eigenvalue weighted by atomic mass is 79.9. The summed E-state index contributed by atoms with van der Waals surface area (Å²) < 4.78 is 0.902. The van der Waals surface area contributed by atoms with Gasteiger partial charge in [-0.3, -0.25) is 9.69 Å². The van der Waals surface area contributed by atoms with Gasteiger partial charge in [-0.25, -0.2) is 0 Å². The molecular formula is C16H21BrN2O. The topological polar surface area (TPSA) is 23.6 Å². The maximum atomic E-state index is 12.7. The molecule has 4 heteroatoms. The molecule has 0 radical (unpaired) electrons. The summed E-state index contributed by atoms with van der Waals surface area (Å²) >= 11 is 3.51. The molecule has 2 aliphatic rings. The average Bonchev–Trinajstić information content (AvgIpc) is 2.48. The van der Waals surface area contributed by atoms with Crippen molar-refractivity contribution in [3.05, 3.63) is 33.8 Å². The van der Waals surface area contributed by atoms with Gasteiger partial charge in [0, 0.05) is 30.1 Å². The second-order valence-electron chi connectivity index (χ2n) is 5.92. The van der Waals surface area contributed by atoms with E-state index in [1.54, 1.807) is 0 Å². The predicted molar refractivity (Wildman–Crippen MR) is 84.0 cm³/mol. The molecule has 0 bridgehead atoms. The minimum atomic E-state index is 0.172. The van der Waals surface area contributed by atoms with E-state index in [9.17, 15) is 4.79 Å². The lowest BCUT2D eigenvalue weighted by atomic mass is 9.99. The zero-order chi connectivity index (χ0) is 14.1. The number of fused-ring (bicyclic) bond motifs is 1. The third-order valence-corrected chi connectivity index (χ3v) is 5.17. The Labute approximate surface area is 129 Å². The normalized spacial score (nSPS) is 23.5. The number of halogens is 1. The van der Waals surface area contributed by atoms with Crippen LogP contribution in [-0.4, -0.2) is 47.9 Å². The second-order valence-corrected chi connectivity index (χ2v) is 6.77. The lowest BCUT2D eigenvalue weighted by Crippen LogP contribution is -2.56. The number of carbonyl (C=O) groups excluding carboxylic acids is 1. The molecule has 1 amide bonds. The lowest BCUT2D eigenvalue weighted by molar-refractivity contribution is 0.0372. The van der Waals surface area contributed by atoms with E-state index in [4.69, 9.17) is 0 Å². The molecule has 0 aromatic heterocycles. The molecule has 0 spiro atoms. The maximum absolute atomic E-state index is 12.7. The first-order valence-electron chi connectivity index (χ1n) is 7.44. The lowest BCUT2D eigenvalue weighted by Gasteiger charge is -2.44. The molecule has 2 aliphatic heterocycles. The summed E-state index contributed by atoms with van der Waals surface area (Å²) in [4.78, 5) is 17.3. The fourth-order valence-electron chi connectivity index (χ4n) is 3.31. The predicted octanol–water partition coefficient (Wildman–Crippen LogP) is 3.07. The van der Waals surface area contributed by atoms with Gasteiger partial charge in [0.1, 0.15) is 0 Å². The van der Waals surface area contributed by atoms with Crippen LogP contribution in [0.15, 0.2) is 22.7 Å². The molecule has 1 atom stereocenters. The van der Waals surface area contributed by atoms with Crippen LogP contribution >= 0.6 is 15.9 Å². The Morgan fingerprint density at radius 2 is 2.10 bits per heavy atom. The van der Waals surface area contributed by atoms with Gasteiger partial charge in [0.25, 0.3) is 5.91 Å². The molecule has 1 unspecified atom stereocenters. The third kappa shape index (κ3) is 2.77. The standard InChI is InChI=1S/C16H21BrN2O/c1-12-5-6-15(17)14(10-12)16(20)19-9-8-18-7-3-2-4-13(18)11-19/h5-6,10,13H,2-4,7-9,11H2,1H3. The van der Waals surface area contributed by atoms with Crippen molar-refractivity contribution < 1.29 is 4.79 Å². The number of benzene rings is 1. The van der Waals surface area contributed by atoms with Crippen molar-refractivity contribution in [3.8, 4) is 0 Å². The van der Waals surface area contributed by atoms with E-state index < -0.39 is 0 Å². The van der Waals surface area contributed by atoms with Crippen molar-refractivity contribution in [3.63, 3.8) is 0 Å². The summed E-state index contributed by atoms with van der Waals surface area (Å²) in [5, 5.41) is 0. The number of aryl methyl sites for hydroxylation is 1. The van der Waals surface area contributed by atoms with Crippen LogP contribution in [0.25, 0.3) is 0 Å². The second kappa shape index (κ2) is 5.86. The summed E-state index contributed by atoms with van der Waals surface area (Å²) in [5.74, 6) is 0.172. The fourth-order valence-corrected chi connectivity index (χ4v) is 3.73. The minimum absolute atomic E-state index is 0.172. The van der Waals surface area contributed by atoms with Crippen LogP contribution in [0.4, 0.5) is 0 Å². The molecule has 3 nitrogen and oxygen atoms in total. The molecule has 2 fully saturated rings. The van der Waals surface area contributed by atoms with E-state index in [-0.39, 0.29) is 5.91 Å². The highest BCUT2D eigenvalue weighted by Gasteiger charge is 2.31. The summed E-state index contributed by atoms with van der Waals surface area (Å²) in [7, 11) is 0. The minimum Gasteiger partial charge on any atom is -0.336 e. The monoisotopic (exact) mass is 336 g/mol. The van der Waals surface area contributed by atoms with E-state index in [0.717, 1.165) is 35.2 Å². The third-order valence-electron chi connectivity index (χ3n) is 4.48. The number of rotatable bonds is 1. The molecule has 3 rings (SSSR count). The Balaban J connectivity index is 1.76. The summed E-state index contributed by atoms with van der Waals surface area (Å²) in [6.45, 7) is 6.01. The molecule has 1 aromatic rings. The van der Waals surface area contributed by atoms with Crippen molar-refractivity contribution in [1.29, 1.82) is 0 Å². The number of piperazine rings is 1. The van der Waals surface area contributed by atoms with E-state index in [1.165, 1.54) is 25.8 Å². The van der Waals surface area contributed by atoms with Crippen LogP contribution in [0.1, 0.15) is 35.2 Å². The smallest absolute Gasteiger partial charge is 0.255 e. The number of hydrogen-bond donors (Lipinski definition) is 0. The molecule has 0 aliphatic carbocycles. The molecule has 2 saturated heterocycles. The number of nitrogens with zero attached hydrogens (tertiary/aromatic N) is 2. The Morgan fingerprint density at radius 3 is 2.95 bits per heavy atom. The molecule has 0 N–H and O–H groups in total. The first kappa shape index (κ1) is 14.1. The largest absolute Gasteiger partial charge is 0.336 e. The summed E-state index contributed by atoms with van der Waals surface area (Å²) in [6.07, 6.45) is 3.85. The van der Waals surface area contributed by atoms with Gasteiger partial charge in [-0.15, -0.1) is 0 Å². The van der Waals surface area contributed by atoms with Crippen LogP contribution in [-0.2, 0) is 0 Å². The molecule has 20 heavy (non-hydrogen) atoms. The molecular weight excluding hydrogens is 316 g/mol. The van der Waals surface area contributed by atoms with Crippen molar-refractivity contribution >= 4 is 21.8 Å². The fraction of sp³-hybridized carbons (Fsp3) is 0.562. The Hall–Kier alpha value is -0.870. The van der Waals surface area contributed by atoms with E-state index >= 15 is 0 Å². The zero-order valence-electron chi connectivity index (χ0n) is 11.9. The first-order chi connectivity index (χ1) is 9.65. The van der Waals surface area contributed by atoms with E-state index in [0.29, 0.717) is 6.04 Å². The van der Waals surface area contributed by atoms with Crippen molar-refractivity contribution in [2.24, 2.45) is 0 Å².